The quantitative estimate of drug-likeness (QED) is 0.760. The number of benzene rings is 1. The van der Waals surface area contributed by atoms with E-state index in [0.29, 0.717) is 32.4 Å². The van der Waals surface area contributed by atoms with Crippen molar-refractivity contribution < 1.29 is 14.7 Å². The molecule has 5 nitrogen and oxygen atoms in total. The predicted octanol–water partition coefficient (Wildman–Crippen LogP) is 1.28. The molecule has 5 heteroatoms. The number of carbonyl (C=O) groups excluding carboxylic acids is 2. The van der Waals surface area contributed by atoms with Crippen LogP contribution in [0.4, 0.5) is 0 Å². The molecule has 2 amide bonds. The Morgan fingerprint density at radius 3 is 2.73 bits per heavy atom. The van der Waals surface area contributed by atoms with Crippen molar-refractivity contribution in [3.8, 4) is 0 Å². The number of nitrogens with one attached hydrogen (secondary N) is 1. The van der Waals surface area contributed by atoms with E-state index in [1.54, 1.807) is 4.90 Å². The van der Waals surface area contributed by atoms with Crippen LogP contribution in [0.25, 0.3) is 0 Å². The van der Waals surface area contributed by atoms with Gasteiger partial charge in [0.25, 0.3) is 0 Å². The van der Waals surface area contributed by atoms with Crippen LogP contribution in [-0.2, 0) is 9.59 Å². The minimum atomic E-state index is -0.0430. The molecule has 0 aliphatic carbocycles. The summed E-state index contributed by atoms with van der Waals surface area (Å²) in [5.74, 6) is 0.220. The minimum Gasteiger partial charge on any atom is -0.396 e. The second-order valence-electron chi connectivity index (χ2n) is 5.66. The predicted molar refractivity (Wildman–Crippen MR) is 84.3 cm³/mol. The Bertz CT molecular complexity index is 490. The molecule has 1 aliphatic heterocycles. The summed E-state index contributed by atoms with van der Waals surface area (Å²) in [4.78, 5) is 25.2. The van der Waals surface area contributed by atoms with E-state index in [9.17, 15) is 14.7 Å². The van der Waals surface area contributed by atoms with E-state index in [1.807, 2.05) is 30.3 Å². The van der Waals surface area contributed by atoms with Crippen molar-refractivity contribution in [2.75, 3.05) is 26.2 Å². The van der Waals surface area contributed by atoms with Crippen molar-refractivity contribution >= 4 is 11.8 Å². The summed E-state index contributed by atoms with van der Waals surface area (Å²) in [5, 5.41) is 12.1. The number of hydrogen-bond donors (Lipinski definition) is 2. The Kier molecular flexibility index (Phi) is 6.40. The third-order valence-corrected chi connectivity index (χ3v) is 4.07. The summed E-state index contributed by atoms with van der Waals surface area (Å²) in [6.07, 6.45) is 2.46. The number of aliphatic hydroxyl groups is 1. The van der Waals surface area contributed by atoms with Gasteiger partial charge in [0.1, 0.15) is 0 Å². The first-order valence-electron chi connectivity index (χ1n) is 7.91. The van der Waals surface area contributed by atoms with Crippen LogP contribution in [0.3, 0.4) is 0 Å². The largest absolute Gasteiger partial charge is 0.396 e. The fourth-order valence-corrected chi connectivity index (χ4v) is 2.77. The molecule has 2 N–H and O–H groups in total. The molecule has 22 heavy (non-hydrogen) atoms. The monoisotopic (exact) mass is 304 g/mol. The molecular formula is C17H24N2O3. The van der Waals surface area contributed by atoms with Crippen LogP contribution < -0.4 is 5.32 Å². The topological polar surface area (TPSA) is 69.6 Å². The molecule has 1 saturated heterocycles. The maximum atomic E-state index is 11.9. The molecule has 2 rings (SSSR count). The van der Waals surface area contributed by atoms with Gasteiger partial charge in [-0.2, -0.15) is 0 Å². The van der Waals surface area contributed by atoms with Gasteiger partial charge >= 0.3 is 0 Å². The van der Waals surface area contributed by atoms with E-state index < -0.39 is 0 Å². The van der Waals surface area contributed by atoms with Gasteiger partial charge in [0.15, 0.2) is 0 Å². The van der Waals surface area contributed by atoms with Gasteiger partial charge in [0.05, 0.1) is 0 Å². The van der Waals surface area contributed by atoms with E-state index >= 15 is 0 Å². The fraction of sp³-hybridized carbons (Fsp3) is 0.529. The van der Waals surface area contributed by atoms with Crippen LogP contribution in [0.5, 0.6) is 0 Å². The average Bonchev–Trinajstić information content (AvgIpc) is 2.95. The molecule has 0 spiro atoms. The fourth-order valence-electron chi connectivity index (χ4n) is 2.77. The lowest BCUT2D eigenvalue weighted by Gasteiger charge is -2.18. The molecule has 1 atom stereocenters. The Hall–Kier alpha value is -1.88. The number of hydrogen-bond acceptors (Lipinski definition) is 3. The Balaban J connectivity index is 1.76. The van der Waals surface area contributed by atoms with E-state index in [0.717, 1.165) is 18.5 Å². The van der Waals surface area contributed by atoms with E-state index in [4.69, 9.17) is 0 Å². The number of aliphatic hydroxyl groups excluding tert-OH is 1. The molecule has 0 bridgehead atoms. The van der Waals surface area contributed by atoms with Crippen molar-refractivity contribution in [1.29, 1.82) is 0 Å². The first kappa shape index (κ1) is 16.5. The van der Waals surface area contributed by atoms with Gasteiger partial charge in [0.2, 0.25) is 11.8 Å². The number of rotatable bonds is 8. The van der Waals surface area contributed by atoms with Crippen LogP contribution in [0.1, 0.15) is 37.2 Å². The molecule has 1 aromatic carbocycles. The zero-order valence-corrected chi connectivity index (χ0v) is 12.8. The maximum Gasteiger partial charge on any atom is 0.222 e. The van der Waals surface area contributed by atoms with Crippen molar-refractivity contribution in [2.45, 2.75) is 31.6 Å². The maximum absolute atomic E-state index is 11.9. The molecular weight excluding hydrogens is 280 g/mol. The van der Waals surface area contributed by atoms with E-state index in [1.165, 1.54) is 0 Å². The Morgan fingerprint density at radius 2 is 2.09 bits per heavy atom. The van der Waals surface area contributed by atoms with E-state index in [-0.39, 0.29) is 24.3 Å². The first-order valence-corrected chi connectivity index (χ1v) is 7.91. The highest BCUT2D eigenvalue weighted by molar-refractivity contribution is 5.80. The number of carbonyl (C=O) groups is 2. The van der Waals surface area contributed by atoms with Crippen molar-refractivity contribution in [1.82, 2.24) is 10.2 Å². The molecule has 1 unspecified atom stereocenters. The third kappa shape index (κ3) is 4.84. The highest BCUT2D eigenvalue weighted by Crippen LogP contribution is 2.18. The van der Waals surface area contributed by atoms with E-state index in [2.05, 4.69) is 5.32 Å². The van der Waals surface area contributed by atoms with Crippen molar-refractivity contribution in [2.24, 2.45) is 0 Å². The van der Waals surface area contributed by atoms with Crippen LogP contribution in [-0.4, -0.2) is 48.1 Å². The highest BCUT2D eigenvalue weighted by Gasteiger charge is 2.20. The standard InChI is InChI=1S/C17H24N2O3/c20-12-9-15(14-5-2-1-3-6-14)13-18-16(21)8-11-19-10-4-7-17(19)22/h1-3,5-6,15,20H,4,7-13H2,(H,18,21). The Labute approximate surface area is 131 Å². The lowest BCUT2D eigenvalue weighted by Crippen LogP contribution is -2.33. The Morgan fingerprint density at radius 1 is 1.32 bits per heavy atom. The van der Waals surface area contributed by atoms with Gasteiger partial charge < -0.3 is 15.3 Å². The van der Waals surface area contributed by atoms with Gasteiger partial charge in [-0.15, -0.1) is 0 Å². The lowest BCUT2D eigenvalue weighted by atomic mass is 9.96. The molecule has 1 aromatic rings. The molecule has 0 saturated carbocycles. The number of amides is 2. The number of nitrogens with zero attached hydrogens (tertiary/aromatic N) is 1. The molecule has 1 fully saturated rings. The smallest absolute Gasteiger partial charge is 0.222 e. The molecule has 120 valence electrons. The summed E-state index contributed by atoms with van der Waals surface area (Å²) in [5.41, 5.74) is 1.12. The second-order valence-corrected chi connectivity index (χ2v) is 5.66. The lowest BCUT2D eigenvalue weighted by molar-refractivity contribution is -0.128. The van der Waals surface area contributed by atoms with Crippen molar-refractivity contribution in [3.63, 3.8) is 0 Å². The molecule has 0 radical (unpaired) electrons. The van der Waals surface area contributed by atoms with Gasteiger partial charge in [-0.3, -0.25) is 9.59 Å². The highest BCUT2D eigenvalue weighted by atomic mass is 16.3. The van der Waals surface area contributed by atoms with Crippen molar-refractivity contribution in [3.05, 3.63) is 35.9 Å². The van der Waals surface area contributed by atoms with Crippen LogP contribution in [0.15, 0.2) is 30.3 Å². The average molecular weight is 304 g/mol. The molecule has 0 aromatic heterocycles. The number of likely N-dealkylation sites (tertiary alicyclic amines) is 1. The SMILES string of the molecule is O=C(CCN1CCCC1=O)NCC(CCO)c1ccccc1. The minimum absolute atomic E-state index is 0.0430. The third-order valence-electron chi connectivity index (χ3n) is 4.07. The first-order chi connectivity index (χ1) is 10.7. The normalized spacial score (nSPS) is 15.9. The van der Waals surface area contributed by atoms with Crippen LogP contribution >= 0.6 is 0 Å². The zero-order valence-electron chi connectivity index (χ0n) is 12.8. The second kappa shape index (κ2) is 8.54. The van der Waals surface area contributed by atoms with Gasteiger partial charge in [-0.1, -0.05) is 30.3 Å². The molecule has 1 heterocycles. The summed E-state index contributed by atoms with van der Waals surface area (Å²) >= 11 is 0. The zero-order chi connectivity index (χ0) is 15.8. The van der Waals surface area contributed by atoms with Crippen LogP contribution in [0.2, 0.25) is 0 Å². The van der Waals surface area contributed by atoms with Gasteiger partial charge in [-0.05, 0) is 18.4 Å². The summed E-state index contributed by atoms with van der Waals surface area (Å²) in [6, 6.07) is 9.89. The molecule has 1 aliphatic rings. The van der Waals surface area contributed by atoms with Gasteiger partial charge in [0, 0.05) is 45.0 Å². The van der Waals surface area contributed by atoms with Crippen LogP contribution in [0, 0.1) is 0 Å². The summed E-state index contributed by atoms with van der Waals surface area (Å²) in [6.45, 7) is 1.87. The van der Waals surface area contributed by atoms with Gasteiger partial charge in [-0.25, -0.2) is 0 Å². The summed E-state index contributed by atoms with van der Waals surface area (Å²) in [7, 11) is 0. The summed E-state index contributed by atoms with van der Waals surface area (Å²) < 4.78 is 0.